The molecule has 17 rings (SSSR count). The predicted octanol–water partition coefficient (Wildman–Crippen LogP) is 11.2. The van der Waals surface area contributed by atoms with E-state index in [1.54, 1.807) is 0 Å². The van der Waals surface area contributed by atoms with Crippen molar-refractivity contribution in [1.82, 2.24) is 8.80 Å². The van der Waals surface area contributed by atoms with Gasteiger partial charge in [0.2, 0.25) is 0 Å². The van der Waals surface area contributed by atoms with Crippen molar-refractivity contribution in [3.63, 3.8) is 0 Å². The van der Waals surface area contributed by atoms with E-state index in [1.165, 1.54) is 131 Å². The van der Waals surface area contributed by atoms with Crippen LogP contribution in [-0.2, 0) is 5.66 Å². The molecule has 0 N–H and O–H groups in total. The zero-order valence-corrected chi connectivity index (χ0v) is 29.6. The lowest BCUT2D eigenvalue weighted by Gasteiger charge is -2.39. The average Bonchev–Trinajstić information content (AvgIpc) is 3.71. The van der Waals surface area contributed by atoms with Crippen molar-refractivity contribution >= 4 is 120 Å². The maximum absolute atomic E-state index is 7.27. The largest absolute Gasteiger partial charge is 0.456 e. The SMILES string of the molecule is c1ccc2c(c1)c1cccc3ccc4c5ccc[n+]6c5n5c7c8c(ccc7c2c(c31)c45)Oc1ccc2c3cccc4ccc5c7ccc[n+]9c7n(c2c1C896)c5c43. The van der Waals surface area contributed by atoms with Crippen LogP contribution in [0.3, 0.4) is 0 Å². The molecule has 1 atom stereocenters. The molecular weight excluding hydrogens is 685 g/mol. The Balaban J connectivity index is 1.24. The van der Waals surface area contributed by atoms with Crippen LogP contribution in [0, 0.1) is 0 Å². The van der Waals surface area contributed by atoms with Crippen molar-refractivity contribution in [1.29, 1.82) is 0 Å². The molecule has 0 fully saturated rings. The Bertz CT molecular complexity index is 4320. The third kappa shape index (κ3) is 2.32. The number of aromatic nitrogens is 4. The first kappa shape index (κ1) is 26.3. The van der Waals surface area contributed by atoms with Gasteiger partial charge in [-0.15, -0.1) is 0 Å². The van der Waals surface area contributed by atoms with Gasteiger partial charge < -0.3 is 4.74 Å². The van der Waals surface area contributed by atoms with Gasteiger partial charge in [-0.1, -0.05) is 72.8 Å². The molecule has 1 spiro atoms. The highest BCUT2D eigenvalue weighted by atomic mass is 16.5. The Morgan fingerprint density at radius 2 is 0.857 bits per heavy atom. The van der Waals surface area contributed by atoms with Crippen molar-refractivity contribution in [2.75, 3.05) is 0 Å². The van der Waals surface area contributed by atoms with E-state index in [2.05, 4.69) is 164 Å². The zero-order valence-electron chi connectivity index (χ0n) is 29.6. The molecule has 0 aliphatic carbocycles. The summed E-state index contributed by atoms with van der Waals surface area (Å²) in [6.45, 7) is 0. The second-order valence-electron chi connectivity index (χ2n) is 16.4. The van der Waals surface area contributed by atoms with Crippen molar-refractivity contribution < 1.29 is 13.9 Å². The van der Waals surface area contributed by atoms with Crippen molar-refractivity contribution in [3.05, 3.63) is 157 Å². The van der Waals surface area contributed by atoms with Crippen LogP contribution in [0.15, 0.2) is 146 Å². The van der Waals surface area contributed by atoms with Crippen LogP contribution in [0.2, 0.25) is 0 Å². The molecule has 0 radical (unpaired) electrons. The van der Waals surface area contributed by atoms with Crippen LogP contribution in [0.5, 0.6) is 11.5 Å². The monoisotopic (exact) mass is 708 g/mol. The highest BCUT2D eigenvalue weighted by Gasteiger charge is 2.63. The molecule has 5 heteroatoms. The lowest BCUT2D eigenvalue weighted by molar-refractivity contribution is -0.953. The van der Waals surface area contributed by atoms with Gasteiger partial charge in [0.05, 0.1) is 23.2 Å². The van der Waals surface area contributed by atoms with Gasteiger partial charge in [-0.25, -0.2) is 0 Å². The molecular formula is C51H24N4O+2. The fraction of sp³-hybridized carbons (Fsp3) is 0.0196. The lowest BCUT2D eigenvalue weighted by atomic mass is 9.80. The number of nitrogens with zero attached hydrogens (tertiary/aromatic N) is 4. The van der Waals surface area contributed by atoms with Crippen molar-refractivity contribution in [3.8, 4) is 11.5 Å². The first-order chi connectivity index (χ1) is 27.8. The Morgan fingerprint density at radius 3 is 1.55 bits per heavy atom. The van der Waals surface area contributed by atoms with Crippen LogP contribution in [0.25, 0.3) is 120 Å². The number of rotatable bonds is 0. The zero-order chi connectivity index (χ0) is 35.5. The summed E-state index contributed by atoms with van der Waals surface area (Å²) in [5, 5.41) is 20.5. The maximum atomic E-state index is 7.27. The van der Waals surface area contributed by atoms with Gasteiger partial charge in [-0.05, 0) is 93.0 Å². The van der Waals surface area contributed by atoms with E-state index in [1.807, 2.05) is 0 Å². The fourth-order valence-corrected chi connectivity index (χ4v) is 12.6. The fourth-order valence-electron chi connectivity index (χ4n) is 12.6. The molecule has 5 nitrogen and oxygen atoms in total. The van der Waals surface area contributed by atoms with E-state index >= 15 is 0 Å². The molecule has 1 unspecified atom stereocenters. The highest BCUT2D eigenvalue weighted by molar-refractivity contribution is 6.41. The van der Waals surface area contributed by atoms with Crippen LogP contribution in [0.4, 0.5) is 0 Å². The first-order valence-corrected chi connectivity index (χ1v) is 19.5. The topological polar surface area (TPSA) is 25.8 Å². The summed E-state index contributed by atoms with van der Waals surface area (Å²) in [4.78, 5) is 0. The van der Waals surface area contributed by atoms with Gasteiger partial charge in [0.25, 0.3) is 11.3 Å². The Hall–Kier alpha value is -7.50. The van der Waals surface area contributed by atoms with Gasteiger partial charge in [0.15, 0.2) is 11.0 Å². The van der Waals surface area contributed by atoms with Crippen LogP contribution < -0.4 is 13.9 Å². The summed E-state index contributed by atoms with van der Waals surface area (Å²) in [6.07, 6.45) is 4.67. The number of benzene rings is 7. The highest BCUT2D eigenvalue weighted by Crippen LogP contribution is 2.58. The molecule has 56 heavy (non-hydrogen) atoms. The second kappa shape index (κ2) is 7.97. The first-order valence-electron chi connectivity index (χ1n) is 19.5. The predicted molar refractivity (Wildman–Crippen MR) is 224 cm³/mol. The van der Waals surface area contributed by atoms with Crippen LogP contribution in [0.1, 0.15) is 11.1 Å². The smallest absolute Gasteiger partial charge is 0.321 e. The summed E-state index contributed by atoms with van der Waals surface area (Å²) in [5.41, 5.74) is 9.01. The molecule has 0 saturated heterocycles. The number of ether oxygens (including phenoxy) is 1. The Kier molecular flexibility index (Phi) is 3.74. The maximum Gasteiger partial charge on any atom is 0.321 e. The third-order valence-electron chi connectivity index (χ3n) is 14.3. The molecule has 252 valence electrons. The van der Waals surface area contributed by atoms with E-state index < -0.39 is 5.66 Å². The van der Waals surface area contributed by atoms with Crippen LogP contribution >= 0.6 is 0 Å². The number of hydrogen-bond donors (Lipinski definition) is 0. The van der Waals surface area contributed by atoms with Gasteiger partial charge in [0, 0.05) is 43.1 Å². The second-order valence-corrected chi connectivity index (χ2v) is 16.4. The number of pyridine rings is 4. The summed E-state index contributed by atoms with van der Waals surface area (Å²) in [5.74, 6) is 1.81. The Morgan fingerprint density at radius 1 is 0.357 bits per heavy atom. The van der Waals surface area contributed by atoms with Gasteiger partial charge >= 0.3 is 5.66 Å². The molecule has 9 heterocycles. The van der Waals surface area contributed by atoms with Gasteiger partial charge in [0.1, 0.15) is 33.7 Å². The molecule has 6 aromatic heterocycles. The van der Waals surface area contributed by atoms with E-state index in [4.69, 9.17) is 4.74 Å². The Labute approximate surface area is 315 Å². The number of fused-ring (bicyclic) bond motifs is 7. The van der Waals surface area contributed by atoms with Gasteiger partial charge in [-0.2, -0.15) is 17.9 Å². The van der Waals surface area contributed by atoms with E-state index in [9.17, 15) is 0 Å². The summed E-state index contributed by atoms with van der Waals surface area (Å²) in [6, 6.07) is 50.4. The summed E-state index contributed by atoms with van der Waals surface area (Å²) < 4.78 is 17.7. The van der Waals surface area contributed by atoms with E-state index in [0.717, 1.165) is 11.5 Å². The quantitative estimate of drug-likeness (QED) is 0.0875. The minimum absolute atomic E-state index is 0.791. The van der Waals surface area contributed by atoms with E-state index in [-0.39, 0.29) is 0 Å². The molecule has 3 aliphatic heterocycles. The molecule has 0 bridgehead atoms. The number of hydrogen-bond acceptors (Lipinski definition) is 1. The lowest BCUT2D eigenvalue weighted by Crippen LogP contribution is -2.77. The minimum atomic E-state index is -0.791. The molecule has 3 aliphatic rings. The minimum Gasteiger partial charge on any atom is -0.456 e. The normalized spacial score (nSPS) is 16.8. The summed E-state index contributed by atoms with van der Waals surface area (Å²) in [7, 11) is 0. The summed E-state index contributed by atoms with van der Waals surface area (Å²) >= 11 is 0. The van der Waals surface area contributed by atoms with Crippen molar-refractivity contribution in [2.45, 2.75) is 5.66 Å². The van der Waals surface area contributed by atoms with E-state index in [0.29, 0.717) is 0 Å². The molecule has 8 aromatic carbocycles. The average molecular weight is 709 g/mol. The van der Waals surface area contributed by atoms with Crippen LogP contribution in [-0.4, -0.2) is 8.80 Å². The third-order valence-corrected chi connectivity index (χ3v) is 14.3. The van der Waals surface area contributed by atoms with Crippen molar-refractivity contribution in [2.24, 2.45) is 0 Å². The standard InChI is InChI=1S/C51H24N4O/c1-2-10-29-27(9-1)28-11-3-7-25-15-17-33-35-14-6-24-53-50(35)55-46(33)42(39(25)28)41(29)36-20-22-38-44(48(36)55)51(53)43-37(56-38)21-19-31-30-12-4-8-26-16-18-32-34-13-5-23-52(51)49(34)54(47(31)43)45(32)40(26)30/h1-24H/q+2. The van der Waals surface area contributed by atoms with Gasteiger partial charge in [-0.3, -0.25) is 0 Å². The molecule has 0 saturated carbocycles. The molecule has 14 aromatic rings. The molecule has 0 amide bonds.